The predicted molar refractivity (Wildman–Crippen MR) is 145 cm³/mol. The Bertz CT molecular complexity index is 2070. The summed E-state index contributed by atoms with van der Waals surface area (Å²) in [4.78, 5) is 102. The van der Waals surface area contributed by atoms with E-state index in [-0.39, 0.29) is 17.1 Å². The summed E-state index contributed by atoms with van der Waals surface area (Å²) in [6.45, 7) is 0. The number of rotatable bonds is 7. The summed E-state index contributed by atoms with van der Waals surface area (Å²) in [5.41, 5.74) is -14.1. The number of nitrogens with zero attached hydrogens (tertiary/aromatic N) is 4. The summed E-state index contributed by atoms with van der Waals surface area (Å²) >= 11 is 0. The molecule has 5 rings (SSSR count). The Hall–Kier alpha value is -7.11. The van der Waals surface area contributed by atoms with Gasteiger partial charge in [0.05, 0.1) is 51.2 Å². The van der Waals surface area contributed by atoms with Crippen molar-refractivity contribution >= 4 is 64.6 Å². The lowest BCUT2D eigenvalue weighted by molar-refractivity contribution is -0.135. The van der Waals surface area contributed by atoms with Gasteiger partial charge in [0, 0.05) is 0 Å². The summed E-state index contributed by atoms with van der Waals surface area (Å²) in [7, 11) is 0. The molecule has 5 aliphatic rings. The molecule has 0 fully saturated rings. The van der Waals surface area contributed by atoms with E-state index >= 15 is 0 Å². The molecular weight excluding hydrogens is 604 g/mol. The minimum Gasteiger partial charge on any atom is -0.478 e. The molecule has 45 heavy (non-hydrogen) atoms. The lowest BCUT2D eigenvalue weighted by Gasteiger charge is -2.08. The molecular formula is C27H12N4O14. The molecule has 8 bridgehead atoms. The van der Waals surface area contributed by atoms with Crippen LogP contribution in [0.1, 0.15) is 0 Å². The molecule has 0 amide bonds. The van der Waals surface area contributed by atoms with Crippen LogP contribution in [0.5, 0.6) is 0 Å². The van der Waals surface area contributed by atoms with Crippen molar-refractivity contribution in [3.63, 3.8) is 0 Å². The van der Waals surface area contributed by atoms with E-state index in [0.717, 1.165) is 12.2 Å². The second kappa shape index (κ2) is 10.3. The summed E-state index contributed by atoms with van der Waals surface area (Å²) in [6.07, 6.45) is 5.68. The first-order valence-electron chi connectivity index (χ1n) is 11.9. The van der Waals surface area contributed by atoms with Gasteiger partial charge in [-0.15, -0.1) is 0 Å². The minimum absolute atomic E-state index is 0.0511. The maximum Gasteiger partial charge on any atom is 0.340 e. The lowest BCUT2D eigenvalue weighted by atomic mass is 9.93. The quantitative estimate of drug-likeness (QED) is 0.194. The van der Waals surface area contributed by atoms with Gasteiger partial charge in [0.15, 0.2) is 0 Å². The first kappa shape index (κ1) is 29.4. The number of fused-ring (bicyclic) bond motifs is 4. The second-order valence-corrected chi connectivity index (χ2v) is 9.07. The van der Waals surface area contributed by atoms with Crippen LogP contribution in [0.25, 0.3) is 0 Å². The van der Waals surface area contributed by atoms with Gasteiger partial charge in [-0.05, 0) is 30.4 Å². The molecule has 0 spiro atoms. The Morgan fingerprint density at radius 3 is 1.47 bits per heavy atom. The van der Waals surface area contributed by atoms with Crippen molar-refractivity contribution < 1.29 is 69.3 Å². The lowest BCUT2D eigenvalue weighted by Crippen LogP contribution is -2.23. The molecule has 5 heterocycles. The molecule has 0 saturated carbocycles. The number of allylic oxidation sites excluding steroid dienone is 5. The summed E-state index contributed by atoms with van der Waals surface area (Å²) in [5, 5.41) is 69.9. The highest BCUT2D eigenvalue weighted by Crippen LogP contribution is 2.38. The standard InChI is InChI=1S/C27H12N4O14/c32-21(33)9-4-8-3-6-1-2-7(28-6)5-10-11(22(34)35)12(23(36)37)18(30-10)16(27(44)45)20-14(25(40)41)13(24(38)39)19(31-20)15(26(42)43)17(9)29-8/h1-5H,(H,32,33)(H,34,35)(H,36,37)(H,38,39)(H,40,41)(H,42,43)(H,44,45). The van der Waals surface area contributed by atoms with E-state index in [4.69, 9.17) is 0 Å². The molecule has 0 atom stereocenters. The van der Waals surface area contributed by atoms with Crippen molar-refractivity contribution in [1.29, 1.82) is 0 Å². The SMILES string of the molecule is O=C(O)C1=CC2=CC3=NC(=CC4=NC(=C(C(=O)O)C5=NC(=C(C(=O)O)C1=N2)C(C(=O)O)=C5C(=O)O)C(C(=O)O)=C4C(=O)O)C=C3. The smallest absolute Gasteiger partial charge is 0.340 e. The van der Waals surface area contributed by atoms with Gasteiger partial charge in [0.25, 0.3) is 0 Å². The molecule has 0 aliphatic carbocycles. The van der Waals surface area contributed by atoms with Gasteiger partial charge in [-0.1, -0.05) is 0 Å². The van der Waals surface area contributed by atoms with Gasteiger partial charge >= 0.3 is 41.8 Å². The number of carbonyl (C=O) groups is 7. The predicted octanol–water partition coefficient (Wildman–Crippen LogP) is -0.238. The summed E-state index contributed by atoms with van der Waals surface area (Å²) < 4.78 is 0. The third-order valence-corrected chi connectivity index (χ3v) is 6.43. The van der Waals surface area contributed by atoms with Gasteiger partial charge in [-0.2, -0.15) is 0 Å². The van der Waals surface area contributed by atoms with Crippen LogP contribution in [0.3, 0.4) is 0 Å². The molecule has 18 heteroatoms. The van der Waals surface area contributed by atoms with Crippen molar-refractivity contribution in [2.24, 2.45) is 20.0 Å². The van der Waals surface area contributed by atoms with Crippen molar-refractivity contribution in [3.05, 3.63) is 92.2 Å². The highest BCUT2D eigenvalue weighted by atomic mass is 16.4. The average molecular weight is 616 g/mol. The topological polar surface area (TPSA) is 311 Å². The Balaban J connectivity index is 2.06. The zero-order valence-corrected chi connectivity index (χ0v) is 21.7. The number of carboxylic acid groups (broad SMARTS) is 7. The number of hydrogen-bond donors (Lipinski definition) is 7. The zero-order valence-electron chi connectivity index (χ0n) is 21.7. The molecule has 18 nitrogen and oxygen atoms in total. The maximum absolute atomic E-state index is 12.6. The van der Waals surface area contributed by atoms with Gasteiger partial charge < -0.3 is 35.7 Å². The third kappa shape index (κ3) is 4.69. The van der Waals surface area contributed by atoms with Gasteiger partial charge in [0.2, 0.25) is 0 Å². The van der Waals surface area contributed by atoms with E-state index in [1.807, 2.05) is 0 Å². The van der Waals surface area contributed by atoms with Crippen LogP contribution in [0.15, 0.2) is 112 Å². The van der Waals surface area contributed by atoms with E-state index in [1.54, 1.807) is 0 Å². The van der Waals surface area contributed by atoms with Crippen molar-refractivity contribution in [2.45, 2.75) is 0 Å². The van der Waals surface area contributed by atoms with Gasteiger partial charge in [-0.25, -0.2) is 53.5 Å². The van der Waals surface area contributed by atoms with Crippen LogP contribution < -0.4 is 0 Å². The highest BCUT2D eigenvalue weighted by molar-refractivity contribution is 6.43. The molecule has 224 valence electrons. The molecule has 0 aromatic heterocycles. The maximum atomic E-state index is 12.6. The van der Waals surface area contributed by atoms with Crippen LogP contribution in [-0.4, -0.2) is 100 Å². The fraction of sp³-hybridized carbons (Fsp3) is 0. The van der Waals surface area contributed by atoms with E-state index in [9.17, 15) is 69.3 Å². The number of aliphatic imine (C=N–C) groups is 4. The Labute approximate surface area is 246 Å². The molecule has 5 aliphatic heterocycles. The fourth-order valence-corrected chi connectivity index (χ4v) is 4.77. The highest BCUT2D eigenvalue weighted by Gasteiger charge is 2.45. The zero-order chi connectivity index (χ0) is 33.1. The van der Waals surface area contributed by atoms with E-state index in [1.165, 1.54) is 18.2 Å². The Morgan fingerprint density at radius 2 is 0.933 bits per heavy atom. The van der Waals surface area contributed by atoms with Crippen LogP contribution in [0.2, 0.25) is 0 Å². The molecule has 0 aromatic rings. The van der Waals surface area contributed by atoms with Crippen molar-refractivity contribution in [3.8, 4) is 0 Å². The second-order valence-electron chi connectivity index (χ2n) is 9.07. The molecule has 0 radical (unpaired) electrons. The minimum atomic E-state index is -2.17. The van der Waals surface area contributed by atoms with Crippen LogP contribution in [-0.2, 0) is 33.6 Å². The van der Waals surface area contributed by atoms with Gasteiger partial charge in [0.1, 0.15) is 33.4 Å². The molecule has 0 saturated heterocycles. The third-order valence-electron chi connectivity index (χ3n) is 6.43. The summed E-state index contributed by atoms with van der Waals surface area (Å²) in [6, 6.07) is 0. The average Bonchev–Trinajstić information content (AvgIpc) is 3.69. The van der Waals surface area contributed by atoms with E-state index < -0.39 is 109 Å². The van der Waals surface area contributed by atoms with Crippen molar-refractivity contribution in [2.75, 3.05) is 0 Å². The van der Waals surface area contributed by atoms with Crippen LogP contribution >= 0.6 is 0 Å². The number of aliphatic carboxylic acids is 7. The Morgan fingerprint density at radius 1 is 0.422 bits per heavy atom. The van der Waals surface area contributed by atoms with E-state index in [0.29, 0.717) is 0 Å². The first-order chi connectivity index (χ1) is 21.1. The molecule has 0 unspecified atom stereocenters. The molecule has 0 aromatic carbocycles. The van der Waals surface area contributed by atoms with E-state index in [2.05, 4.69) is 20.0 Å². The largest absolute Gasteiger partial charge is 0.478 e. The fourth-order valence-electron chi connectivity index (χ4n) is 4.77. The van der Waals surface area contributed by atoms with Gasteiger partial charge in [-0.3, -0.25) is 0 Å². The molecule has 7 N–H and O–H groups in total. The first-order valence-corrected chi connectivity index (χ1v) is 11.9. The number of hydrogen-bond acceptors (Lipinski definition) is 11. The normalized spacial score (nSPS) is 18.6. The summed E-state index contributed by atoms with van der Waals surface area (Å²) in [5.74, 6) is -14.2. The Kier molecular flexibility index (Phi) is 6.73. The number of carboxylic acids is 7. The van der Waals surface area contributed by atoms with Crippen LogP contribution in [0.4, 0.5) is 0 Å². The van der Waals surface area contributed by atoms with Crippen molar-refractivity contribution in [1.82, 2.24) is 0 Å². The van der Waals surface area contributed by atoms with Crippen LogP contribution in [0, 0.1) is 0 Å². The monoisotopic (exact) mass is 616 g/mol.